The molecule has 1 N–H and O–H groups in total. The number of rotatable bonds is 8. The van der Waals surface area contributed by atoms with Crippen LogP contribution in [0.25, 0.3) is 0 Å². The van der Waals surface area contributed by atoms with Gasteiger partial charge in [-0.05, 0) is 24.5 Å². The molecule has 0 fully saturated rings. The summed E-state index contributed by atoms with van der Waals surface area (Å²) in [6.45, 7) is 14.3. The highest BCUT2D eigenvalue weighted by Gasteiger charge is 2.15. The van der Waals surface area contributed by atoms with Gasteiger partial charge in [0.05, 0.1) is 0 Å². The molecular weight excluding hydrogens is 276 g/mol. The maximum Gasteiger partial charge on any atom is 0.320 e. The summed E-state index contributed by atoms with van der Waals surface area (Å²) in [6.07, 6.45) is 2.94. The van der Waals surface area contributed by atoms with Crippen LogP contribution >= 0.6 is 0 Å². The molecule has 1 aromatic carbocycles. The van der Waals surface area contributed by atoms with Gasteiger partial charge in [0.15, 0.2) is 6.23 Å². The number of para-hydroxylation sites is 1. The fourth-order valence-electron chi connectivity index (χ4n) is 2.10. The zero-order valence-electron chi connectivity index (χ0n) is 13.7. The predicted octanol–water partition coefficient (Wildman–Crippen LogP) is 3.92. The highest BCUT2D eigenvalue weighted by molar-refractivity contribution is 5.74. The number of carbonyl (C=O) groups is 1. The first kappa shape index (κ1) is 17.8. The van der Waals surface area contributed by atoms with E-state index in [-0.39, 0.29) is 6.03 Å². The molecule has 22 heavy (non-hydrogen) atoms. The molecule has 0 aliphatic rings. The van der Waals surface area contributed by atoms with Gasteiger partial charge in [-0.15, -0.1) is 13.2 Å². The number of nitrogens with one attached hydrogen (secondary N) is 1. The van der Waals surface area contributed by atoms with Crippen molar-refractivity contribution in [2.24, 2.45) is 0 Å². The Balaban J connectivity index is 2.69. The minimum atomic E-state index is -0.426. The quantitative estimate of drug-likeness (QED) is 0.584. The predicted molar refractivity (Wildman–Crippen MR) is 91.1 cm³/mol. The van der Waals surface area contributed by atoms with Gasteiger partial charge in [-0.1, -0.05) is 44.2 Å². The molecule has 4 nitrogen and oxygen atoms in total. The number of hydrogen-bond acceptors (Lipinski definition) is 2. The van der Waals surface area contributed by atoms with Crippen LogP contribution in [0, 0.1) is 0 Å². The van der Waals surface area contributed by atoms with E-state index in [0.717, 1.165) is 11.3 Å². The Labute approximate surface area is 133 Å². The molecule has 120 valence electrons. The lowest BCUT2D eigenvalue weighted by Crippen LogP contribution is -2.46. The summed E-state index contributed by atoms with van der Waals surface area (Å²) in [4.78, 5) is 13.8. The summed E-state index contributed by atoms with van der Waals surface area (Å²) >= 11 is 0. The molecule has 0 spiro atoms. The Hall–Kier alpha value is -2.23. The molecule has 1 unspecified atom stereocenters. The van der Waals surface area contributed by atoms with Crippen LogP contribution in [0.3, 0.4) is 0 Å². The molecule has 0 heterocycles. The topological polar surface area (TPSA) is 41.6 Å². The van der Waals surface area contributed by atoms with E-state index in [4.69, 9.17) is 4.74 Å². The van der Waals surface area contributed by atoms with E-state index >= 15 is 0 Å². The third-order valence-corrected chi connectivity index (χ3v) is 3.16. The number of benzene rings is 1. The summed E-state index contributed by atoms with van der Waals surface area (Å²) in [5.74, 6) is 1.15. The van der Waals surface area contributed by atoms with Crippen LogP contribution in [0.15, 0.2) is 49.6 Å². The van der Waals surface area contributed by atoms with Gasteiger partial charge in [-0.2, -0.15) is 0 Å². The molecule has 2 amide bonds. The molecule has 0 aromatic heterocycles. The van der Waals surface area contributed by atoms with E-state index < -0.39 is 6.23 Å². The van der Waals surface area contributed by atoms with Crippen LogP contribution < -0.4 is 10.1 Å². The second-order valence-corrected chi connectivity index (χ2v) is 5.38. The lowest BCUT2D eigenvalue weighted by molar-refractivity contribution is 0.157. The van der Waals surface area contributed by atoms with Crippen molar-refractivity contribution in [3.63, 3.8) is 0 Å². The van der Waals surface area contributed by atoms with E-state index in [1.807, 2.05) is 31.2 Å². The van der Waals surface area contributed by atoms with Crippen molar-refractivity contribution in [1.82, 2.24) is 10.2 Å². The van der Waals surface area contributed by atoms with E-state index in [0.29, 0.717) is 19.0 Å². The van der Waals surface area contributed by atoms with E-state index in [2.05, 4.69) is 32.3 Å². The van der Waals surface area contributed by atoms with Gasteiger partial charge in [-0.25, -0.2) is 4.79 Å². The van der Waals surface area contributed by atoms with Crippen LogP contribution in [0.1, 0.15) is 32.3 Å². The second-order valence-electron chi connectivity index (χ2n) is 5.38. The minimum Gasteiger partial charge on any atom is -0.471 e. The largest absolute Gasteiger partial charge is 0.471 e. The first-order valence-corrected chi connectivity index (χ1v) is 7.52. The molecule has 0 aliphatic heterocycles. The van der Waals surface area contributed by atoms with Crippen LogP contribution in [-0.2, 0) is 0 Å². The molecule has 0 saturated carbocycles. The Morgan fingerprint density at radius 1 is 1.23 bits per heavy atom. The molecular formula is C18H26N2O2. The van der Waals surface area contributed by atoms with Crippen molar-refractivity contribution < 1.29 is 9.53 Å². The van der Waals surface area contributed by atoms with Crippen molar-refractivity contribution in [3.8, 4) is 5.75 Å². The second kappa shape index (κ2) is 8.93. The van der Waals surface area contributed by atoms with Crippen molar-refractivity contribution >= 4 is 6.03 Å². The Kier molecular flexibility index (Phi) is 7.23. The average Bonchev–Trinajstić information content (AvgIpc) is 2.47. The summed E-state index contributed by atoms with van der Waals surface area (Å²) in [6, 6.07) is 7.67. The average molecular weight is 302 g/mol. The van der Waals surface area contributed by atoms with Gasteiger partial charge < -0.3 is 15.0 Å². The van der Waals surface area contributed by atoms with Gasteiger partial charge >= 0.3 is 6.03 Å². The van der Waals surface area contributed by atoms with E-state index in [1.54, 1.807) is 17.1 Å². The van der Waals surface area contributed by atoms with Crippen LogP contribution in [-0.4, -0.2) is 30.2 Å². The number of nitrogens with zero attached hydrogens (tertiary/aromatic N) is 1. The zero-order chi connectivity index (χ0) is 16.5. The lowest BCUT2D eigenvalue weighted by atomic mass is 10.0. The van der Waals surface area contributed by atoms with Gasteiger partial charge in [0.25, 0.3) is 0 Å². The number of ether oxygens (including phenoxy) is 1. The molecule has 1 rings (SSSR count). The first-order chi connectivity index (χ1) is 10.5. The van der Waals surface area contributed by atoms with Crippen LogP contribution in [0.2, 0.25) is 0 Å². The van der Waals surface area contributed by atoms with Crippen molar-refractivity contribution in [3.05, 3.63) is 55.1 Å². The normalized spacial score (nSPS) is 11.6. The number of hydrogen-bond donors (Lipinski definition) is 1. The molecule has 4 heteroatoms. The third-order valence-electron chi connectivity index (χ3n) is 3.16. The summed E-state index contributed by atoms with van der Waals surface area (Å²) < 4.78 is 5.87. The van der Waals surface area contributed by atoms with Gasteiger partial charge in [-0.3, -0.25) is 0 Å². The minimum absolute atomic E-state index is 0.200. The highest BCUT2D eigenvalue weighted by atomic mass is 16.5. The van der Waals surface area contributed by atoms with Crippen molar-refractivity contribution in [2.45, 2.75) is 32.9 Å². The third kappa shape index (κ3) is 5.28. The highest BCUT2D eigenvalue weighted by Crippen LogP contribution is 2.26. The van der Waals surface area contributed by atoms with E-state index in [1.165, 1.54) is 0 Å². The Morgan fingerprint density at radius 2 is 1.82 bits per heavy atom. The van der Waals surface area contributed by atoms with Crippen molar-refractivity contribution in [2.75, 3.05) is 13.1 Å². The smallest absolute Gasteiger partial charge is 0.320 e. The molecule has 0 radical (unpaired) electrons. The fourth-order valence-corrected chi connectivity index (χ4v) is 2.10. The monoisotopic (exact) mass is 302 g/mol. The van der Waals surface area contributed by atoms with Crippen LogP contribution in [0.4, 0.5) is 4.79 Å². The van der Waals surface area contributed by atoms with Crippen LogP contribution in [0.5, 0.6) is 5.75 Å². The lowest BCUT2D eigenvalue weighted by Gasteiger charge is -2.24. The number of carbonyl (C=O) groups excluding carboxylic acids is 1. The molecule has 1 atom stereocenters. The fraction of sp³-hybridized carbons (Fsp3) is 0.389. The van der Waals surface area contributed by atoms with Gasteiger partial charge in [0.1, 0.15) is 5.75 Å². The van der Waals surface area contributed by atoms with Crippen molar-refractivity contribution in [1.29, 1.82) is 0 Å². The Bertz CT molecular complexity index is 502. The molecule has 0 saturated heterocycles. The molecule has 0 aliphatic carbocycles. The van der Waals surface area contributed by atoms with Gasteiger partial charge in [0, 0.05) is 13.1 Å². The zero-order valence-corrected chi connectivity index (χ0v) is 13.7. The molecule has 0 bridgehead atoms. The summed E-state index contributed by atoms with van der Waals surface area (Å²) in [7, 11) is 0. The molecule has 1 aromatic rings. The summed E-state index contributed by atoms with van der Waals surface area (Å²) in [5.41, 5.74) is 1.12. The SMILES string of the molecule is C=CCN(CC=C)C(=O)NC(C)Oc1ccccc1C(C)C. The number of amides is 2. The summed E-state index contributed by atoms with van der Waals surface area (Å²) in [5, 5.41) is 2.83. The Morgan fingerprint density at radius 3 is 2.36 bits per heavy atom. The van der Waals surface area contributed by atoms with Gasteiger partial charge in [0.2, 0.25) is 0 Å². The first-order valence-electron chi connectivity index (χ1n) is 7.52. The number of urea groups is 1. The standard InChI is InChI=1S/C18H26N2O2/c1-6-12-20(13-7-2)18(21)19-15(5)22-17-11-9-8-10-16(17)14(3)4/h6-11,14-15H,1-2,12-13H2,3-5H3,(H,19,21). The van der Waals surface area contributed by atoms with E-state index in [9.17, 15) is 4.79 Å². The maximum absolute atomic E-state index is 12.2. The maximum atomic E-state index is 12.2.